The molecule has 32 heavy (non-hydrogen) atoms. The number of aromatic amines is 1. The number of alkyl halides is 3. The lowest BCUT2D eigenvalue weighted by Gasteiger charge is -2.38. The molecule has 8 nitrogen and oxygen atoms in total. The van der Waals surface area contributed by atoms with Crippen molar-refractivity contribution in [2.24, 2.45) is 4.99 Å². The van der Waals surface area contributed by atoms with E-state index < -0.39 is 30.0 Å². The molecule has 0 saturated carbocycles. The summed E-state index contributed by atoms with van der Waals surface area (Å²) >= 11 is 6.03. The van der Waals surface area contributed by atoms with Crippen LogP contribution in [-0.4, -0.2) is 59.7 Å². The summed E-state index contributed by atoms with van der Waals surface area (Å²) in [6.07, 6.45) is -1.34. The zero-order valence-electron chi connectivity index (χ0n) is 16.6. The van der Waals surface area contributed by atoms with Crippen molar-refractivity contribution in [3.05, 3.63) is 40.7 Å². The third-order valence-electron chi connectivity index (χ3n) is 5.24. The minimum absolute atomic E-state index is 0.0637. The number of hydrogen-bond acceptors (Lipinski definition) is 6. The van der Waals surface area contributed by atoms with E-state index >= 15 is 0 Å². The molecule has 4 heterocycles. The molecule has 4 rings (SSSR count). The fourth-order valence-corrected chi connectivity index (χ4v) is 3.75. The lowest BCUT2D eigenvalue weighted by atomic mass is 9.88. The molecule has 1 saturated heterocycles. The number of amidine groups is 1. The van der Waals surface area contributed by atoms with Crippen LogP contribution in [0.3, 0.4) is 0 Å². The number of halogens is 5. The van der Waals surface area contributed by atoms with Crippen LogP contribution in [0.25, 0.3) is 11.0 Å². The Kier molecular flexibility index (Phi) is 5.99. The smallest absolute Gasteiger partial charge is 0.381 e. The number of amides is 1. The summed E-state index contributed by atoms with van der Waals surface area (Å²) in [4.78, 5) is 24.0. The first-order valence-electron chi connectivity index (χ1n) is 9.71. The van der Waals surface area contributed by atoms with Crippen molar-refractivity contribution < 1.29 is 27.1 Å². The molecule has 4 N–H and O–H groups in total. The second-order valence-electron chi connectivity index (χ2n) is 7.44. The summed E-state index contributed by atoms with van der Waals surface area (Å²) < 4.78 is 57.8. The highest BCUT2D eigenvalue weighted by Gasteiger charge is 2.43. The molecule has 1 amide bonds. The molecule has 13 heteroatoms. The number of carbonyl (C=O) groups excluding carboxylic acids is 1. The van der Waals surface area contributed by atoms with E-state index in [0.29, 0.717) is 27.5 Å². The standard InChI is InChI=1S/C19H19ClF4N6O2/c20-10-5-11-12(7-26-14(11)25-6-10)15-27-8-13(21)16(29-15)30-18(1-3-32-4-2-18)17(31)28-9-19(22,23)24/h5-7,30H,1-4,8-9H2,(H,25,26)(H,27,29)(H,28,31). The van der Waals surface area contributed by atoms with Crippen LogP contribution >= 0.6 is 11.6 Å². The molecule has 2 aliphatic rings. The van der Waals surface area contributed by atoms with Crippen molar-refractivity contribution in [3.63, 3.8) is 0 Å². The number of nitrogens with zero attached hydrogens (tertiary/aromatic N) is 2. The van der Waals surface area contributed by atoms with Gasteiger partial charge in [-0.2, -0.15) is 13.2 Å². The Labute approximate surface area is 184 Å². The highest BCUT2D eigenvalue weighted by molar-refractivity contribution is 6.31. The lowest BCUT2D eigenvalue weighted by molar-refractivity contribution is -0.144. The zero-order valence-corrected chi connectivity index (χ0v) is 17.3. The average Bonchev–Trinajstić information content (AvgIpc) is 3.17. The molecule has 0 bridgehead atoms. The van der Waals surface area contributed by atoms with Crippen molar-refractivity contribution >= 4 is 34.4 Å². The number of rotatable bonds is 5. The fraction of sp³-hybridized carbons (Fsp3) is 0.421. The van der Waals surface area contributed by atoms with Gasteiger partial charge < -0.3 is 25.7 Å². The summed E-state index contributed by atoms with van der Waals surface area (Å²) in [5.74, 6) is -1.41. The van der Waals surface area contributed by atoms with Gasteiger partial charge in [-0.1, -0.05) is 11.6 Å². The van der Waals surface area contributed by atoms with Crippen LogP contribution in [0, 0.1) is 0 Å². The monoisotopic (exact) mass is 474 g/mol. The predicted octanol–water partition coefficient (Wildman–Crippen LogP) is 2.52. The van der Waals surface area contributed by atoms with Gasteiger partial charge in [-0.05, 0) is 6.07 Å². The zero-order chi connectivity index (χ0) is 22.9. The van der Waals surface area contributed by atoms with Crippen molar-refractivity contribution in [1.29, 1.82) is 0 Å². The number of aliphatic imine (C=N–C) groups is 1. The van der Waals surface area contributed by atoms with E-state index in [1.165, 1.54) is 6.20 Å². The molecule has 2 aromatic rings. The van der Waals surface area contributed by atoms with E-state index in [-0.39, 0.29) is 38.4 Å². The number of aromatic nitrogens is 2. The lowest BCUT2D eigenvalue weighted by Crippen LogP contribution is -2.62. The van der Waals surface area contributed by atoms with E-state index in [9.17, 15) is 22.4 Å². The van der Waals surface area contributed by atoms with Crippen LogP contribution < -0.4 is 16.0 Å². The topological polar surface area (TPSA) is 103 Å². The number of H-pyrrole nitrogens is 1. The Morgan fingerprint density at radius 2 is 2.06 bits per heavy atom. The quantitative estimate of drug-likeness (QED) is 0.499. The highest BCUT2D eigenvalue weighted by atomic mass is 35.5. The molecule has 0 aliphatic carbocycles. The Hall–Kier alpha value is -2.86. The molecule has 0 atom stereocenters. The fourth-order valence-electron chi connectivity index (χ4n) is 3.60. The summed E-state index contributed by atoms with van der Waals surface area (Å²) in [5.41, 5.74) is -0.355. The third kappa shape index (κ3) is 4.65. The molecule has 0 spiro atoms. The van der Waals surface area contributed by atoms with E-state index in [1.807, 2.05) is 5.32 Å². The number of hydrogen-bond donors (Lipinski definition) is 4. The Bertz CT molecular complexity index is 1090. The molecule has 0 radical (unpaired) electrons. The first-order chi connectivity index (χ1) is 15.2. The maximum atomic E-state index is 14.7. The minimum Gasteiger partial charge on any atom is -0.381 e. The molecule has 2 aromatic heterocycles. The Morgan fingerprint density at radius 3 is 2.78 bits per heavy atom. The molecular weight excluding hydrogens is 456 g/mol. The maximum absolute atomic E-state index is 14.7. The largest absolute Gasteiger partial charge is 0.405 e. The highest BCUT2D eigenvalue weighted by Crippen LogP contribution is 2.26. The van der Waals surface area contributed by atoms with Crippen molar-refractivity contribution in [1.82, 2.24) is 25.9 Å². The van der Waals surface area contributed by atoms with E-state index in [4.69, 9.17) is 16.3 Å². The number of pyridine rings is 1. The number of nitrogens with one attached hydrogen (secondary N) is 4. The second kappa shape index (κ2) is 8.58. The summed E-state index contributed by atoms with van der Waals surface area (Å²) in [5, 5.41) is 8.58. The van der Waals surface area contributed by atoms with Gasteiger partial charge in [-0.3, -0.25) is 9.79 Å². The van der Waals surface area contributed by atoms with Crippen LogP contribution in [0.5, 0.6) is 0 Å². The average molecular weight is 475 g/mol. The molecule has 172 valence electrons. The minimum atomic E-state index is -4.57. The SMILES string of the molecule is O=C(NCC(F)(F)F)C1(NC2=C(F)CN=C(c3c[nH]c4ncc(Cl)cc34)N2)CCOCC1. The van der Waals surface area contributed by atoms with Crippen LogP contribution in [0.1, 0.15) is 18.4 Å². The Morgan fingerprint density at radius 1 is 1.31 bits per heavy atom. The molecular formula is C19H19ClF4N6O2. The molecule has 0 aromatic carbocycles. The van der Waals surface area contributed by atoms with Crippen LogP contribution in [0.15, 0.2) is 35.1 Å². The maximum Gasteiger partial charge on any atom is 0.405 e. The molecule has 2 aliphatic heterocycles. The van der Waals surface area contributed by atoms with Gasteiger partial charge in [-0.15, -0.1) is 0 Å². The van der Waals surface area contributed by atoms with Gasteiger partial charge in [0.15, 0.2) is 5.83 Å². The summed E-state index contributed by atoms with van der Waals surface area (Å²) in [6.45, 7) is -1.53. The van der Waals surface area contributed by atoms with Gasteiger partial charge in [0.1, 0.15) is 29.4 Å². The first-order valence-corrected chi connectivity index (χ1v) is 10.1. The van der Waals surface area contributed by atoms with Gasteiger partial charge in [0.2, 0.25) is 5.91 Å². The van der Waals surface area contributed by atoms with Crippen LogP contribution in [0.2, 0.25) is 5.02 Å². The van der Waals surface area contributed by atoms with Gasteiger partial charge >= 0.3 is 6.18 Å². The van der Waals surface area contributed by atoms with Crippen molar-refractivity contribution in [2.45, 2.75) is 24.6 Å². The number of fused-ring (bicyclic) bond motifs is 1. The van der Waals surface area contributed by atoms with Gasteiger partial charge in [0.25, 0.3) is 0 Å². The van der Waals surface area contributed by atoms with Crippen LogP contribution in [-0.2, 0) is 9.53 Å². The second-order valence-corrected chi connectivity index (χ2v) is 7.88. The van der Waals surface area contributed by atoms with E-state index in [0.717, 1.165) is 0 Å². The van der Waals surface area contributed by atoms with Crippen molar-refractivity contribution in [2.75, 3.05) is 26.3 Å². The number of carbonyl (C=O) groups is 1. The van der Waals surface area contributed by atoms with E-state index in [1.54, 1.807) is 12.3 Å². The number of ether oxygens (including phenoxy) is 1. The summed E-state index contributed by atoms with van der Waals surface area (Å²) in [6, 6.07) is 1.67. The molecule has 0 unspecified atom stereocenters. The molecule has 1 fully saturated rings. The van der Waals surface area contributed by atoms with Gasteiger partial charge in [0, 0.05) is 49.4 Å². The van der Waals surface area contributed by atoms with Crippen LogP contribution in [0.4, 0.5) is 17.6 Å². The summed E-state index contributed by atoms with van der Waals surface area (Å²) in [7, 11) is 0. The van der Waals surface area contributed by atoms with Gasteiger partial charge in [-0.25, -0.2) is 9.37 Å². The van der Waals surface area contributed by atoms with Gasteiger partial charge in [0.05, 0.1) is 11.6 Å². The first kappa shape index (κ1) is 22.3. The predicted molar refractivity (Wildman–Crippen MR) is 109 cm³/mol. The van der Waals surface area contributed by atoms with E-state index in [2.05, 4.69) is 25.6 Å². The van der Waals surface area contributed by atoms with Crippen molar-refractivity contribution in [3.8, 4) is 0 Å². The third-order valence-corrected chi connectivity index (χ3v) is 5.44. The Balaban J connectivity index is 1.57. The normalized spacial score (nSPS) is 18.8.